The number of hydrogen-bond acceptors (Lipinski definition) is 5. The van der Waals surface area contributed by atoms with Crippen molar-refractivity contribution in [3.63, 3.8) is 0 Å². The summed E-state index contributed by atoms with van der Waals surface area (Å²) in [5.41, 5.74) is 5.04. The fourth-order valence-corrected chi connectivity index (χ4v) is 4.92. The Balaban J connectivity index is 1.41. The Kier molecular flexibility index (Phi) is 5.05. The summed E-state index contributed by atoms with van der Waals surface area (Å²) in [6.07, 6.45) is 5.28. The number of aromatic nitrogens is 3. The molecule has 0 fully saturated rings. The van der Waals surface area contributed by atoms with Crippen molar-refractivity contribution >= 4 is 22.2 Å². The molecule has 1 aliphatic heterocycles. The van der Waals surface area contributed by atoms with Crippen molar-refractivity contribution in [2.24, 2.45) is 0 Å². The highest BCUT2D eigenvalue weighted by atomic mass is 32.1. The van der Waals surface area contributed by atoms with E-state index in [-0.39, 0.29) is 0 Å². The van der Waals surface area contributed by atoms with Crippen molar-refractivity contribution in [2.45, 2.75) is 39.4 Å². The van der Waals surface area contributed by atoms with Gasteiger partial charge < -0.3 is 9.30 Å². The standard InChI is InChI=1S/C24H26N4OS/c1-16(2)28-15-18(20-11-19(29-3)6-7-22(20)28)14-27-9-8-21-17(13-27)12-25-24(26-21)23-5-4-10-30-23/h4-7,10-12,15-16H,8-9,13-14H2,1-3H3. The molecule has 0 radical (unpaired) electrons. The molecule has 0 unspecified atom stereocenters. The van der Waals surface area contributed by atoms with E-state index in [9.17, 15) is 0 Å². The van der Waals surface area contributed by atoms with Crippen LogP contribution in [-0.4, -0.2) is 33.1 Å². The van der Waals surface area contributed by atoms with Gasteiger partial charge >= 0.3 is 0 Å². The highest BCUT2D eigenvalue weighted by Gasteiger charge is 2.21. The molecule has 0 N–H and O–H groups in total. The third-order valence-corrected chi connectivity index (χ3v) is 6.69. The summed E-state index contributed by atoms with van der Waals surface area (Å²) in [6, 6.07) is 10.9. The predicted octanol–water partition coefficient (Wildman–Crippen LogP) is 5.31. The Hall–Kier alpha value is -2.70. The van der Waals surface area contributed by atoms with Crippen LogP contribution in [0.15, 0.2) is 48.1 Å². The maximum atomic E-state index is 5.49. The molecule has 0 saturated heterocycles. The number of rotatable bonds is 5. The lowest BCUT2D eigenvalue weighted by Crippen LogP contribution is -2.30. The van der Waals surface area contributed by atoms with Crippen LogP contribution in [0.3, 0.4) is 0 Å². The van der Waals surface area contributed by atoms with Gasteiger partial charge in [0.25, 0.3) is 0 Å². The van der Waals surface area contributed by atoms with Gasteiger partial charge in [0, 0.05) is 61.0 Å². The highest BCUT2D eigenvalue weighted by Crippen LogP contribution is 2.31. The van der Waals surface area contributed by atoms with E-state index in [0.717, 1.165) is 42.5 Å². The minimum atomic E-state index is 0.417. The molecule has 0 bridgehead atoms. The van der Waals surface area contributed by atoms with Crippen LogP contribution in [-0.2, 0) is 19.5 Å². The number of fused-ring (bicyclic) bond motifs is 2. The molecule has 30 heavy (non-hydrogen) atoms. The lowest BCUT2D eigenvalue weighted by Gasteiger charge is -2.27. The van der Waals surface area contributed by atoms with Crippen LogP contribution in [0.5, 0.6) is 5.75 Å². The minimum Gasteiger partial charge on any atom is -0.497 e. The first-order chi connectivity index (χ1) is 14.6. The molecule has 0 aliphatic carbocycles. The molecule has 5 nitrogen and oxygen atoms in total. The van der Waals surface area contributed by atoms with E-state index in [0.29, 0.717) is 6.04 Å². The average Bonchev–Trinajstić information content (AvgIpc) is 3.42. The molecule has 4 heterocycles. The van der Waals surface area contributed by atoms with E-state index < -0.39 is 0 Å². The maximum absolute atomic E-state index is 5.49. The zero-order chi connectivity index (χ0) is 20.7. The van der Waals surface area contributed by atoms with Gasteiger partial charge in [0.05, 0.1) is 17.7 Å². The van der Waals surface area contributed by atoms with E-state index in [4.69, 9.17) is 9.72 Å². The molecule has 0 spiro atoms. The second kappa shape index (κ2) is 7.85. The van der Waals surface area contributed by atoms with Gasteiger partial charge in [-0.3, -0.25) is 4.90 Å². The van der Waals surface area contributed by atoms with Gasteiger partial charge in [0.15, 0.2) is 5.82 Å². The van der Waals surface area contributed by atoms with Crippen LogP contribution in [0.25, 0.3) is 21.6 Å². The largest absolute Gasteiger partial charge is 0.497 e. The molecule has 4 aromatic rings. The van der Waals surface area contributed by atoms with E-state index in [1.54, 1.807) is 18.4 Å². The topological polar surface area (TPSA) is 43.2 Å². The maximum Gasteiger partial charge on any atom is 0.169 e. The van der Waals surface area contributed by atoms with Gasteiger partial charge in [-0.25, -0.2) is 9.97 Å². The normalized spacial score (nSPS) is 14.4. The molecule has 0 amide bonds. The molecule has 154 valence electrons. The van der Waals surface area contributed by atoms with E-state index in [2.05, 4.69) is 58.1 Å². The molecule has 0 atom stereocenters. The lowest BCUT2D eigenvalue weighted by molar-refractivity contribution is 0.243. The van der Waals surface area contributed by atoms with Crippen LogP contribution in [0.1, 0.15) is 36.7 Å². The Morgan fingerprint density at radius 1 is 1.23 bits per heavy atom. The van der Waals surface area contributed by atoms with Gasteiger partial charge in [-0.05, 0) is 49.1 Å². The van der Waals surface area contributed by atoms with Gasteiger partial charge in [-0.2, -0.15) is 0 Å². The molecule has 1 aromatic carbocycles. The molecular weight excluding hydrogens is 392 g/mol. The van der Waals surface area contributed by atoms with Crippen molar-refractivity contribution < 1.29 is 4.74 Å². The first-order valence-electron chi connectivity index (χ1n) is 10.4. The number of hydrogen-bond donors (Lipinski definition) is 0. The average molecular weight is 419 g/mol. The number of ether oxygens (including phenoxy) is 1. The van der Waals surface area contributed by atoms with Crippen LogP contribution < -0.4 is 4.74 Å². The Labute approximate surface area is 181 Å². The Morgan fingerprint density at radius 2 is 2.13 bits per heavy atom. The summed E-state index contributed by atoms with van der Waals surface area (Å²) < 4.78 is 7.85. The monoisotopic (exact) mass is 418 g/mol. The second-order valence-electron chi connectivity index (χ2n) is 8.14. The lowest BCUT2D eigenvalue weighted by atomic mass is 10.1. The summed E-state index contributed by atoms with van der Waals surface area (Å²) in [4.78, 5) is 13.1. The Bertz CT molecular complexity index is 1180. The van der Waals surface area contributed by atoms with Gasteiger partial charge in [0.2, 0.25) is 0 Å². The van der Waals surface area contributed by atoms with Crippen molar-refractivity contribution in [3.8, 4) is 16.5 Å². The molecule has 6 heteroatoms. The van der Waals surface area contributed by atoms with Crippen molar-refractivity contribution in [1.29, 1.82) is 0 Å². The second-order valence-corrected chi connectivity index (χ2v) is 9.09. The number of nitrogens with zero attached hydrogens (tertiary/aromatic N) is 4. The summed E-state index contributed by atoms with van der Waals surface area (Å²) in [5.74, 6) is 1.76. The number of thiophene rings is 1. The van der Waals surface area contributed by atoms with E-state index in [1.165, 1.54) is 27.7 Å². The summed E-state index contributed by atoms with van der Waals surface area (Å²) >= 11 is 1.69. The van der Waals surface area contributed by atoms with Crippen molar-refractivity contribution in [2.75, 3.05) is 13.7 Å². The van der Waals surface area contributed by atoms with Crippen LogP contribution in [0.2, 0.25) is 0 Å². The molecule has 1 aliphatic rings. The molecule has 5 rings (SSSR count). The highest BCUT2D eigenvalue weighted by molar-refractivity contribution is 7.13. The number of benzene rings is 1. The van der Waals surface area contributed by atoms with Gasteiger partial charge in [-0.15, -0.1) is 11.3 Å². The van der Waals surface area contributed by atoms with E-state index >= 15 is 0 Å². The SMILES string of the molecule is COc1ccc2c(c1)c(CN1CCc3nc(-c4cccs4)ncc3C1)cn2C(C)C. The zero-order valence-corrected chi connectivity index (χ0v) is 18.4. The Morgan fingerprint density at radius 3 is 2.90 bits per heavy atom. The third-order valence-electron chi connectivity index (χ3n) is 5.83. The summed E-state index contributed by atoms with van der Waals surface area (Å²) in [5, 5.41) is 3.35. The first kappa shape index (κ1) is 19.3. The molecule has 3 aromatic heterocycles. The summed E-state index contributed by atoms with van der Waals surface area (Å²) in [7, 11) is 1.73. The minimum absolute atomic E-state index is 0.417. The van der Waals surface area contributed by atoms with E-state index in [1.807, 2.05) is 18.3 Å². The smallest absolute Gasteiger partial charge is 0.169 e. The fourth-order valence-electron chi connectivity index (χ4n) is 4.26. The number of methoxy groups -OCH3 is 1. The quantitative estimate of drug-likeness (QED) is 0.441. The van der Waals surface area contributed by atoms with Crippen LogP contribution in [0, 0.1) is 0 Å². The van der Waals surface area contributed by atoms with Crippen LogP contribution in [0.4, 0.5) is 0 Å². The first-order valence-corrected chi connectivity index (χ1v) is 11.3. The van der Waals surface area contributed by atoms with Gasteiger partial charge in [0.1, 0.15) is 5.75 Å². The van der Waals surface area contributed by atoms with Crippen molar-refractivity contribution in [3.05, 3.63) is 64.9 Å². The third kappa shape index (κ3) is 3.50. The van der Waals surface area contributed by atoms with Crippen molar-refractivity contribution in [1.82, 2.24) is 19.4 Å². The van der Waals surface area contributed by atoms with Gasteiger partial charge in [-0.1, -0.05) is 6.07 Å². The van der Waals surface area contributed by atoms with Crippen LogP contribution >= 0.6 is 11.3 Å². The molecular formula is C24H26N4OS. The fraction of sp³-hybridized carbons (Fsp3) is 0.333. The zero-order valence-electron chi connectivity index (χ0n) is 17.6. The molecule has 0 saturated carbocycles. The predicted molar refractivity (Wildman–Crippen MR) is 122 cm³/mol. The summed E-state index contributed by atoms with van der Waals surface area (Å²) in [6.45, 7) is 7.26.